The first-order chi connectivity index (χ1) is 9.60. The van der Waals surface area contributed by atoms with Crippen molar-refractivity contribution in [1.82, 2.24) is 0 Å². The van der Waals surface area contributed by atoms with Crippen molar-refractivity contribution in [1.29, 1.82) is 0 Å². The first-order valence-corrected chi connectivity index (χ1v) is 6.98. The Morgan fingerprint density at radius 2 is 1.85 bits per heavy atom. The van der Waals surface area contributed by atoms with Gasteiger partial charge in [0.15, 0.2) is 0 Å². The lowest BCUT2D eigenvalue weighted by Gasteiger charge is -2.10. The lowest BCUT2D eigenvalue weighted by molar-refractivity contribution is 0.0527. The van der Waals surface area contributed by atoms with Crippen LogP contribution in [0.5, 0.6) is 0 Å². The number of carbonyl (C=O) groups is 1. The Morgan fingerprint density at radius 1 is 1.20 bits per heavy atom. The minimum atomic E-state index is -0.413. The van der Waals surface area contributed by atoms with Gasteiger partial charge in [0.2, 0.25) is 0 Å². The second-order valence-electron chi connectivity index (χ2n) is 4.15. The minimum absolute atomic E-state index is 0.322. The highest BCUT2D eigenvalue weighted by atomic mass is 79.9. The molecule has 0 spiro atoms. The van der Waals surface area contributed by atoms with Gasteiger partial charge in [0, 0.05) is 21.5 Å². The van der Waals surface area contributed by atoms with Crippen LogP contribution in [0.4, 0.5) is 17.1 Å². The number of nitrogens with one attached hydrogen (secondary N) is 1. The van der Waals surface area contributed by atoms with Crippen molar-refractivity contribution in [3.05, 3.63) is 52.5 Å². The van der Waals surface area contributed by atoms with E-state index in [0.29, 0.717) is 17.9 Å². The maximum atomic E-state index is 11.8. The summed E-state index contributed by atoms with van der Waals surface area (Å²) in [6, 6.07) is 12.9. The van der Waals surface area contributed by atoms with Crippen molar-refractivity contribution in [3.63, 3.8) is 0 Å². The Hall–Kier alpha value is -2.01. The SMILES string of the molecule is CCOC(=O)c1cc(Nc2ccc(Br)cc2)ccc1N. The fraction of sp³-hybridized carbons (Fsp3) is 0.133. The average Bonchev–Trinajstić information content (AvgIpc) is 2.43. The summed E-state index contributed by atoms with van der Waals surface area (Å²) >= 11 is 3.38. The second kappa shape index (κ2) is 6.43. The second-order valence-corrected chi connectivity index (χ2v) is 5.07. The van der Waals surface area contributed by atoms with E-state index < -0.39 is 5.97 Å². The topological polar surface area (TPSA) is 64.3 Å². The standard InChI is InChI=1S/C15H15BrN2O2/c1-2-20-15(19)13-9-12(7-8-14(13)17)18-11-5-3-10(16)4-6-11/h3-9,18H,2,17H2,1H3. The van der Waals surface area contributed by atoms with Crippen LogP contribution in [0.25, 0.3) is 0 Å². The Labute approximate surface area is 126 Å². The molecule has 2 aromatic carbocycles. The van der Waals surface area contributed by atoms with Crippen LogP contribution in [0.1, 0.15) is 17.3 Å². The van der Waals surface area contributed by atoms with Crippen LogP contribution >= 0.6 is 15.9 Å². The summed E-state index contributed by atoms with van der Waals surface area (Å²) in [6.07, 6.45) is 0. The van der Waals surface area contributed by atoms with Crippen LogP contribution in [0.3, 0.4) is 0 Å². The number of halogens is 1. The first kappa shape index (κ1) is 14.4. The fourth-order valence-corrected chi connectivity index (χ4v) is 1.98. The highest BCUT2D eigenvalue weighted by molar-refractivity contribution is 9.10. The van der Waals surface area contributed by atoms with E-state index in [1.54, 1.807) is 19.1 Å². The Bertz CT molecular complexity index is 612. The Kier molecular flexibility index (Phi) is 4.63. The number of hydrogen-bond donors (Lipinski definition) is 2. The number of anilines is 3. The number of esters is 1. The molecule has 0 heterocycles. The molecule has 0 aliphatic heterocycles. The third-order valence-corrected chi connectivity index (χ3v) is 3.21. The summed E-state index contributed by atoms with van der Waals surface area (Å²) in [5.41, 5.74) is 8.28. The van der Waals surface area contributed by atoms with E-state index >= 15 is 0 Å². The van der Waals surface area contributed by atoms with E-state index in [9.17, 15) is 4.79 Å². The monoisotopic (exact) mass is 334 g/mol. The number of benzene rings is 2. The van der Waals surface area contributed by atoms with Crippen molar-refractivity contribution in [2.75, 3.05) is 17.7 Å². The van der Waals surface area contributed by atoms with E-state index in [1.165, 1.54) is 0 Å². The van der Waals surface area contributed by atoms with Gasteiger partial charge in [-0.05, 0) is 49.4 Å². The summed E-state index contributed by atoms with van der Waals surface area (Å²) in [5.74, 6) is -0.413. The van der Waals surface area contributed by atoms with Crippen LogP contribution in [0.15, 0.2) is 46.9 Å². The van der Waals surface area contributed by atoms with Crippen LogP contribution in [0.2, 0.25) is 0 Å². The third-order valence-electron chi connectivity index (χ3n) is 2.68. The molecule has 0 aliphatic carbocycles. The smallest absolute Gasteiger partial charge is 0.340 e. The molecular weight excluding hydrogens is 320 g/mol. The van der Waals surface area contributed by atoms with Crippen LogP contribution in [-0.2, 0) is 4.74 Å². The average molecular weight is 335 g/mol. The predicted octanol–water partition coefficient (Wildman–Crippen LogP) is 3.95. The zero-order valence-electron chi connectivity index (χ0n) is 11.0. The largest absolute Gasteiger partial charge is 0.462 e. The summed E-state index contributed by atoms with van der Waals surface area (Å²) in [5, 5.41) is 3.21. The molecule has 0 saturated carbocycles. The number of rotatable bonds is 4. The van der Waals surface area contributed by atoms with Crippen molar-refractivity contribution < 1.29 is 9.53 Å². The molecule has 0 amide bonds. The van der Waals surface area contributed by atoms with Crippen molar-refractivity contribution in [2.24, 2.45) is 0 Å². The molecule has 5 heteroatoms. The summed E-state index contributed by atoms with van der Waals surface area (Å²) in [6.45, 7) is 2.08. The highest BCUT2D eigenvalue weighted by Crippen LogP contribution is 2.23. The van der Waals surface area contributed by atoms with Gasteiger partial charge >= 0.3 is 5.97 Å². The predicted molar refractivity (Wildman–Crippen MR) is 84.2 cm³/mol. The van der Waals surface area contributed by atoms with Gasteiger partial charge in [-0.2, -0.15) is 0 Å². The van der Waals surface area contributed by atoms with Gasteiger partial charge in [-0.15, -0.1) is 0 Å². The van der Waals surface area contributed by atoms with Gasteiger partial charge < -0.3 is 15.8 Å². The minimum Gasteiger partial charge on any atom is -0.462 e. The van der Waals surface area contributed by atoms with Gasteiger partial charge in [-0.1, -0.05) is 15.9 Å². The maximum absolute atomic E-state index is 11.8. The van der Waals surface area contributed by atoms with Gasteiger partial charge in [-0.25, -0.2) is 4.79 Å². The quantitative estimate of drug-likeness (QED) is 0.656. The third kappa shape index (κ3) is 3.51. The Morgan fingerprint density at radius 3 is 2.50 bits per heavy atom. The van der Waals surface area contributed by atoms with Gasteiger partial charge in [0.25, 0.3) is 0 Å². The molecule has 2 rings (SSSR count). The fourth-order valence-electron chi connectivity index (χ4n) is 1.72. The van der Waals surface area contributed by atoms with Gasteiger partial charge in [0.05, 0.1) is 12.2 Å². The number of hydrogen-bond acceptors (Lipinski definition) is 4. The number of carbonyl (C=O) groups excluding carboxylic acids is 1. The summed E-state index contributed by atoms with van der Waals surface area (Å²) in [7, 11) is 0. The van der Waals surface area contributed by atoms with Gasteiger partial charge in [-0.3, -0.25) is 0 Å². The number of nitrogen functional groups attached to an aromatic ring is 1. The zero-order chi connectivity index (χ0) is 14.5. The zero-order valence-corrected chi connectivity index (χ0v) is 12.6. The molecule has 0 radical (unpaired) electrons. The van der Waals surface area contributed by atoms with E-state index in [1.807, 2.05) is 30.3 Å². The lowest BCUT2D eigenvalue weighted by atomic mass is 10.1. The molecule has 0 saturated heterocycles. The molecule has 20 heavy (non-hydrogen) atoms. The molecule has 2 aromatic rings. The lowest BCUT2D eigenvalue weighted by Crippen LogP contribution is -2.08. The number of ether oxygens (including phenoxy) is 1. The summed E-state index contributed by atoms with van der Waals surface area (Å²) < 4.78 is 5.98. The van der Waals surface area contributed by atoms with E-state index in [-0.39, 0.29) is 0 Å². The highest BCUT2D eigenvalue weighted by Gasteiger charge is 2.11. The van der Waals surface area contributed by atoms with Crippen molar-refractivity contribution in [2.45, 2.75) is 6.92 Å². The van der Waals surface area contributed by atoms with E-state index in [4.69, 9.17) is 10.5 Å². The first-order valence-electron chi connectivity index (χ1n) is 6.19. The Balaban J connectivity index is 2.22. The van der Waals surface area contributed by atoms with Crippen LogP contribution in [-0.4, -0.2) is 12.6 Å². The van der Waals surface area contributed by atoms with Crippen molar-refractivity contribution in [3.8, 4) is 0 Å². The van der Waals surface area contributed by atoms with Crippen LogP contribution in [0, 0.1) is 0 Å². The van der Waals surface area contributed by atoms with Crippen LogP contribution < -0.4 is 11.1 Å². The molecule has 104 valence electrons. The molecule has 3 N–H and O–H groups in total. The van der Waals surface area contributed by atoms with Gasteiger partial charge in [0.1, 0.15) is 0 Å². The molecule has 0 fully saturated rings. The summed E-state index contributed by atoms with van der Waals surface area (Å²) in [4.78, 5) is 11.8. The number of nitrogens with two attached hydrogens (primary N) is 1. The van der Waals surface area contributed by atoms with Crippen molar-refractivity contribution >= 4 is 39.0 Å². The molecule has 0 aromatic heterocycles. The molecule has 4 nitrogen and oxygen atoms in total. The molecule has 0 aliphatic rings. The molecule has 0 bridgehead atoms. The normalized spacial score (nSPS) is 10.1. The molecule has 0 atom stereocenters. The maximum Gasteiger partial charge on any atom is 0.340 e. The van der Waals surface area contributed by atoms with E-state index in [0.717, 1.165) is 15.8 Å². The molecular formula is C15H15BrN2O2. The molecule has 0 unspecified atom stereocenters. The van der Waals surface area contributed by atoms with E-state index in [2.05, 4.69) is 21.2 Å².